The van der Waals surface area contributed by atoms with E-state index in [1.807, 2.05) is 12.1 Å². The lowest BCUT2D eigenvalue weighted by Gasteiger charge is -2.33. The molecule has 1 N–H and O–H groups in total. The van der Waals surface area contributed by atoms with E-state index in [-0.39, 0.29) is 0 Å². The molecule has 1 aliphatic carbocycles. The van der Waals surface area contributed by atoms with Crippen molar-refractivity contribution < 1.29 is 9.47 Å². The molecule has 0 heterocycles. The number of ether oxygens (including phenoxy) is 2. The Labute approximate surface area is 173 Å². The molecule has 0 bridgehead atoms. The minimum Gasteiger partial charge on any atom is -0.497 e. The van der Waals surface area contributed by atoms with Crippen LogP contribution in [0.2, 0.25) is 0 Å². The number of benzene rings is 2. The second kappa shape index (κ2) is 9.28. The molecule has 4 nitrogen and oxygen atoms in total. The number of hydrogen-bond donors (Lipinski definition) is 1. The summed E-state index contributed by atoms with van der Waals surface area (Å²) >= 11 is 5.89. The van der Waals surface area contributed by atoms with Crippen molar-refractivity contribution in [2.24, 2.45) is 0 Å². The summed E-state index contributed by atoms with van der Waals surface area (Å²) in [7, 11) is 3.37. The van der Waals surface area contributed by atoms with Crippen LogP contribution in [0.3, 0.4) is 0 Å². The van der Waals surface area contributed by atoms with E-state index in [1.165, 1.54) is 36.8 Å². The smallest absolute Gasteiger partial charge is 0.173 e. The van der Waals surface area contributed by atoms with Crippen LogP contribution >= 0.6 is 12.2 Å². The van der Waals surface area contributed by atoms with Gasteiger partial charge in [-0.3, -0.25) is 0 Å². The lowest BCUT2D eigenvalue weighted by molar-refractivity contribution is 0.304. The zero-order valence-corrected chi connectivity index (χ0v) is 18.1. The predicted molar refractivity (Wildman–Crippen MR) is 119 cm³/mol. The van der Waals surface area contributed by atoms with Gasteiger partial charge in [0.2, 0.25) is 0 Å². The van der Waals surface area contributed by atoms with Crippen LogP contribution < -0.4 is 14.8 Å². The summed E-state index contributed by atoms with van der Waals surface area (Å²) in [6.45, 7) is 4.95. The Morgan fingerprint density at radius 1 is 1.07 bits per heavy atom. The molecule has 0 saturated heterocycles. The molecule has 0 radical (unpaired) electrons. The number of hydrogen-bond acceptors (Lipinski definition) is 3. The average Bonchev–Trinajstić information content (AvgIpc) is 3.23. The maximum Gasteiger partial charge on any atom is 0.173 e. The van der Waals surface area contributed by atoms with Crippen LogP contribution in [0.25, 0.3) is 0 Å². The summed E-state index contributed by atoms with van der Waals surface area (Å²) in [5, 5.41) is 4.31. The molecular formula is C23H30N2O2S. The van der Waals surface area contributed by atoms with Crippen molar-refractivity contribution in [1.82, 2.24) is 4.90 Å². The van der Waals surface area contributed by atoms with Crippen LogP contribution in [0.5, 0.6) is 11.5 Å². The molecule has 0 aromatic heterocycles. The first-order valence-corrected chi connectivity index (χ1v) is 10.3. The predicted octanol–water partition coefficient (Wildman–Crippen LogP) is 5.46. The van der Waals surface area contributed by atoms with E-state index in [9.17, 15) is 0 Å². The second-order valence-corrected chi connectivity index (χ2v) is 7.83. The molecule has 0 spiro atoms. The number of para-hydroxylation sites is 1. The van der Waals surface area contributed by atoms with E-state index in [1.54, 1.807) is 14.2 Å². The summed E-state index contributed by atoms with van der Waals surface area (Å²) in [5.74, 6) is 1.63. The third kappa shape index (κ3) is 4.58. The van der Waals surface area contributed by atoms with Gasteiger partial charge in [-0.2, -0.15) is 0 Å². The van der Waals surface area contributed by atoms with E-state index in [2.05, 4.69) is 48.3 Å². The lowest BCUT2D eigenvalue weighted by atomic mass is 10.1. The molecule has 3 rings (SSSR count). The third-order valence-electron chi connectivity index (χ3n) is 5.57. The molecule has 1 fully saturated rings. The van der Waals surface area contributed by atoms with Gasteiger partial charge in [-0.05, 0) is 62.2 Å². The highest BCUT2D eigenvalue weighted by atomic mass is 32.1. The molecule has 150 valence electrons. The minimum atomic E-state index is 0.455. The van der Waals surface area contributed by atoms with Gasteiger partial charge < -0.3 is 19.7 Å². The number of thiocarbonyl (C=S) groups is 1. The molecule has 28 heavy (non-hydrogen) atoms. The van der Waals surface area contributed by atoms with Gasteiger partial charge in [-0.15, -0.1) is 0 Å². The summed E-state index contributed by atoms with van der Waals surface area (Å²) < 4.78 is 11.0. The minimum absolute atomic E-state index is 0.455. The SMILES string of the molecule is COc1ccc(CN(C(=S)Nc2c(C)cccc2C)C2CCCC2)c(OC)c1. The monoisotopic (exact) mass is 398 g/mol. The first-order valence-electron chi connectivity index (χ1n) is 9.88. The fourth-order valence-corrected chi connectivity index (χ4v) is 4.25. The number of nitrogens with zero attached hydrogens (tertiary/aromatic N) is 1. The zero-order valence-electron chi connectivity index (χ0n) is 17.2. The summed E-state index contributed by atoms with van der Waals surface area (Å²) in [6.07, 6.45) is 4.86. The van der Waals surface area contributed by atoms with Gasteiger partial charge in [0.05, 0.1) is 14.2 Å². The molecule has 2 aromatic rings. The van der Waals surface area contributed by atoms with E-state index >= 15 is 0 Å². The van der Waals surface area contributed by atoms with Crippen molar-refractivity contribution in [3.63, 3.8) is 0 Å². The van der Waals surface area contributed by atoms with Crippen LogP contribution in [0.1, 0.15) is 42.4 Å². The van der Waals surface area contributed by atoms with Gasteiger partial charge in [0, 0.05) is 29.9 Å². The number of anilines is 1. The first-order chi connectivity index (χ1) is 13.5. The molecular weight excluding hydrogens is 368 g/mol. The maximum absolute atomic E-state index is 5.89. The molecule has 1 aliphatic rings. The first kappa shape index (κ1) is 20.5. The van der Waals surface area contributed by atoms with Crippen molar-refractivity contribution in [3.05, 3.63) is 53.1 Å². The summed E-state index contributed by atoms with van der Waals surface area (Å²) in [6, 6.07) is 12.7. The molecule has 0 aliphatic heterocycles. The normalized spacial score (nSPS) is 14.0. The third-order valence-corrected chi connectivity index (χ3v) is 5.91. The Morgan fingerprint density at radius 3 is 2.36 bits per heavy atom. The maximum atomic E-state index is 5.89. The number of aryl methyl sites for hydroxylation is 2. The fourth-order valence-electron chi connectivity index (χ4n) is 3.94. The highest BCUT2D eigenvalue weighted by molar-refractivity contribution is 7.80. The largest absolute Gasteiger partial charge is 0.497 e. The Bertz CT molecular complexity index is 811. The van der Waals surface area contributed by atoms with Gasteiger partial charge >= 0.3 is 0 Å². The Balaban J connectivity index is 1.86. The van der Waals surface area contributed by atoms with E-state index in [0.717, 1.165) is 27.9 Å². The van der Waals surface area contributed by atoms with Crippen LogP contribution in [0, 0.1) is 13.8 Å². The van der Waals surface area contributed by atoms with Gasteiger partial charge in [-0.25, -0.2) is 0 Å². The highest BCUT2D eigenvalue weighted by Gasteiger charge is 2.26. The molecule has 5 heteroatoms. The van der Waals surface area contributed by atoms with Gasteiger partial charge in [0.1, 0.15) is 11.5 Å². The van der Waals surface area contributed by atoms with Gasteiger partial charge in [-0.1, -0.05) is 31.0 Å². The topological polar surface area (TPSA) is 33.7 Å². The van der Waals surface area contributed by atoms with Crippen LogP contribution in [-0.2, 0) is 6.54 Å². The molecule has 0 unspecified atom stereocenters. The fraction of sp³-hybridized carbons (Fsp3) is 0.435. The highest BCUT2D eigenvalue weighted by Crippen LogP contribution is 2.31. The Hall–Kier alpha value is -2.27. The Kier molecular flexibility index (Phi) is 6.79. The van der Waals surface area contributed by atoms with E-state index in [4.69, 9.17) is 21.7 Å². The van der Waals surface area contributed by atoms with Crippen molar-refractivity contribution in [2.45, 2.75) is 52.1 Å². The number of nitrogens with one attached hydrogen (secondary N) is 1. The van der Waals surface area contributed by atoms with Crippen LogP contribution in [-0.4, -0.2) is 30.3 Å². The molecule has 2 aromatic carbocycles. The molecule has 1 saturated carbocycles. The quantitative estimate of drug-likeness (QED) is 0.653. The number of methoxy groups -OCH3 is 2. The summed E-state index contributed by atoms with van der Waals surface area (Å²) in [5.41, 5.74) is 4.63. The second-order valence-electron chi connectivity index (χ2n) is 7.44. The van der Waals surface area contributed by atoms with E-state index in [0.29, 0.717) is 12.6 Å². The Morgan fingerprint density at radius 2 is 1.75 bits per heavy atom. The average molecular weight is 399 g/mol. The van der Waals surface area contributed by atoms with Crippen molar-refractivity contribution in [2.75, 3.05) is 19.5 Å². The van der Waals surface area contributed by atoms with Crippen molar-refractivity contribution in [1.29, 1.82) is 0 Å². The van der Waals surface area contributed by atoms with E-state index < -0.39 is 0 Å². The lowest BCUT2D eigenvalue weighted by Crippen LogP contribution is -2.41. The van der Waals surface area contributed by atoms with Crippen LogP contribution in [0.4, 0.5) is 5.69 Å². The van der Waals surface area contributed by atoms with Crippen LogP contribution in [0.15, 0.2) is 36.4 Å². The molecule has 0 atom stereocenters. The molecule has 0 amide bonds. The van der Waals surface area contributed by atoms with Gasteiger partial charge in [0.25, 0.3) is 0 Å². The zero-order chi connectivity index (χ0) is 20.1. The van der Waals surface area contributed by atoms with Crippen molar-refractivity contribution in [3.8, 4) is 11.5 Å². The standard InChI is InChI=1S/C23H30N2O2S/c1-16-8-7-9-17(2)22(16)24-23(28)25(19-10-5-6-11-19)15-18-12-13-20(26-3)14-21(18)27-4/h7-9,12-14,19H,5-6,10-11,15H2,1-4H3,(H,24,28). The van der Waals surface area contributed by atoms with Gasteiger partial charge in [0.15, 0.2) is 5.11 Å². The summed E-state index contributed by atoms with van der Waals surface area (Å²) in [4.78, 5) is 2.33. The number of rotatable bonds is 6. The van der Waals surface area contributed by atoms with Crippen molar-refractivity contribution >= 4 is 23.0 Å².